The van der Waals surface area contributed by atoms with Crippen molar-refractivity contribution in [1.82, 2.24) is 9.88 Å². The number of esters is 1. The summed E-state index contributed by atoms with van der Waals surface area (Å²) in [7, 11) is 1.24. The van der Waals surface area contributed by atoms with Crippen LogP contribution in [-0.2, 0) is 19.1 Å². The number of hydrogen-bond acceptors (Lipinski definition) is 10. The average Bonchev–Trinajstić information content (AvgIpc) is 3.30. The first-order chi connectivity index (χ1) is 20.3. The molecule has 2 aliphatic heterocycles. The molecule has 0 radical (unpaired) electrons. The van der Waals surface area contributed by atoms with Gasteiger partial charge in [0.1, 0.15) is 5.92 Å². The van der Waals surface area contributed by atoms with Gasteiger partial charge in [-0.3, -0.25) is 23.9 Å². The van der Waals surface area contributed by atoms with Gasteiger partial charge in [0.15, 0.2) is 21.4 Å². The highest BCUT2D eigenvalue weighted by atomic mass is 32.1. The van der Waals surface area contributed by atoms with Crippen LogP contribution < -0.4 is 34.6 Å². The van der Waals surface area contributed by atoms with Gasteiger partial charge in [-0.1, -0.05) is 35.6 Å². The van der Waals surface area contributed by atoms with Gasteiger partial charge in [-0.15, -0.1) is 0 Å². The van der Waals surface area contributed by atoms with E-state index < -0.39 is 35.3 Å². The molecular weight excluding hydrogens is 580 g/mol. The summed E-state index contributed by atoms with van der Waals surface area (Å²) in [5.41, 5.74) is 0.615. The maximum Gasteiger partial charge on any atom is 0.337 e. The summed E-state index contributed by atoms with van der Waals surface area (Å²) in [4.78, 5) is 58.9. The lowest BCUT2D eigenvalue weighted by Gasteiger charge is -2.31. The number of carbonyl (C=O) groups is 3. The van der Waals surface area contributed by atoms with Crippen LogP contribution in [0.2, 0.25) is 0 Å². The molecule has 2 amide bonds. The maximum absolute atomic E-state index is 13.9. The predicted molar refractivity (Wildman–Crippen MR) is 159 cm³/mol. The smallest absolute Gasteiger partial charge is 0.337 e. The molecule has 0 spiro atoms. The summed E-state index contributed by atoms with van der Waals surface area (Å²) < 4.78 is 17.9. The molecule has 0 aliphatic carbocycles. The first-order valence-corrected chi connectivity index (χ1v) is 14.2. The maximum atomic E-state index is 13.9. The lowest BCUT2D eigenvalue weighted by atomic mass is 9.97. The first-order valence-electron chi connectivity index (χ1n) is 13.0. The SMILES string of the molecule is CCOc1ccc([C@@H]2C(C(=O)OC)=CN=c3s/c(=C\[C@@H]4C(=O)NC(=S)N(c5ccccc5)C4=O)c(=O)n32)cc1OCC. The largest absolute Gasteiger partial charge is 0.490 e. The molecule has 0 bridgehead atoms. The second kappa shape index (κ2) is 12.1. The Bertz CT molecular complexity index is 1800. The average molecular weight is 607 g/mol. The van der Waals surface area contributed by atoms with E-state index in [1.807, 2.05) is 13.8 Å². The van der Waals surface area contributed by atoms with Crippen molar-refractivity contribution in [3.8, 4) is 11.5 Å². The Kier molecular flexibility index (Phi) is 8.31. The Morgan fingerprint density at radius 3 is 2.48 bits per heavy atom. The van der Waals surface area contributed by atoms with Crippen molar-refractivity contribution in [2.24, 2.45) is 10.9 Å². The van der Waals surface area contributed by atoms with E-state index in [1.165, 1.54) is 28.9 Å². The van der Waals surface area contributed by atoms with E-state index in [1.54, 1.807) is 48.5 Å². The number of nitrogens with zero attached hydrogens (tertiary/aromatic N) is 3. The van der Waals surface area contributed by atoms with Crippen molar-refractivity contribution in [3.05, 3.63) is 85.6 Å². The quantitative estimate of drug-likeness (QED) is 0.234. The lowest BCUT2D eigenvalue weighted by Crippen LogP contribution is -2.58. The van der Waals surface area contributed by atoms with Crippen molar-refractivity contribution >= 4 is 58.2 Å². The minimum atomic E-state index is -1.33. The van der Waals surface area contributed by atoms with Gasteiger partial charge < -0.3 is 19.5 Å². The molecule has 1 N–H and O–H groups in total. The fourth-order valence-corrected chi connectivity index (χ4v) is 5.99. The molecule has 1 aromatic heterocycles. The van der Waals surface area contributed by atoms with Gasteiger partial charge in [0.05, 0.1) is 42.2 Å². The third-order valence-electron chi connectivity index (χ3n) is 6.54. The third-order valence-corrected chi connectivity index (χ3v) is 7.84. The summed E-state index contributed by atoms with van der Waals surface area (Å²) in [5.74, 6) is -2.28. The zero-order valence-electron chi connectivity index (χ0n) is 22.9. The number of para-hydroxylation sites is 1. The Morgan fingerprint density at radius 2 is 1.79 bits per heavy atom. The molecule has 1 saturated heterocycles. The van der Waals surface area contributed by atoms with Crippen LogP contribution in [0, 0.1) is 5.92 Å². The van der Waals surface area contributed by atoms with Crippen LogP contribution in [0.3, 0.4) is 0 Å². The number of thiazole rings is 1. The molecular formula is C29H26N4O7S2. The van der Waals surface area contributed by atoms with Crippen LogP contribution in [0.25, 0.3) is 6.08 Å². The Balaban J connectivity index is 1.63. The van der Waals surface area contributed by atoms with Crippen LogP contribution in [0.5, 0.6) is 11.5 Å². The number of benzene rings is 2. The van der Waals surface area contributed by atoms with Crippen molar-refractivity contribution in [1.29, 1.82) is 0 Å². The number of carbonyl (C=O) groups excluding carboxylic acids is 3. The molecule has 2 atom stereocenters. The molecule has 13 heteroatoms. The topological polar surface area (TPSA) is 129 Å². The van der Waals surface area contributed by atoms with Crippen LogP contribution in [0.1, 0.15) is 25.5 Å². The number of methoxy groups -OCH3 is 1. The van der Waals surface area contributed by atoms with E-state index in [0.29, 0.717) is 36.0 Å². The monoisotopic (exact) mass is 606 g/mol. The van der Waals surface area contributed by atoms with Crippen LogP contribution >= 0.6 is 23.6 Å². The fraction of sp³-hybridized carbons (Fsp3) is 0.241. The molecule has 216 valence electrons. The van der Waals surface area contributed by atoms with Gasteiger partial charge in [-0.05, 0) is 62.0 Å². The molecule has 2 aromatic carbocycles. The molecule has 0 saturated carbocycles. The summed E-state index contributed by atoms with van der Waals surface area (Å²) in [6.45, 7) is 4.47. The molecule has 42 heavy (non-hydrogen) atoms. The van der Waals surface area contributed by atoms with Gasteiger partial charge >= 0.3 is 5.97 Å². The number of aromatic nitrogens is 1. The molecule has 2 aliphatic rings. The highest BCUT2D eigenvalue weighted by Crippen LogP contribution is 2.35. The molecule has 0 unspecified atom stereocenters. The van der Waals surface area contributed by atoms with Crippen molar-refractivity contribution < 1.29 is 28.6 Å². The van der Waals surface area contributed by atoms with E-state index in [-0.39, 0.29) is 20.0 Å². The van der Waals surface area contributed by atoms with Crippen LogP contribution in [-0.4, -0.2) is 47.8 Å². The minimum absolute atomic E-state index is 0.0503. The number of nitrogens with one attached hydrogen (secondary N) is 1. The number of rotatable bonds is 8. The van der Waals surface area contributed by atoms with E-state index >= 15 is 0 Å². The highest BCUT2D eigenvalue weighted by Gasteiger charge is 2.39. The van der Waals surface area contributed by atoms with Gasteiger partial charge in [0, 0.05) is 6.20 Å². The van der Waals surface area contributed by atoms with Crippen molar-refractivity contribution in [2.75, 3.05) is 25.2 Å². The number of amides is 2. The molecule has 3 aromatic rings. The van der Waals surface area contributed by atoms with Gasteiger partial charge in [0.2, 0.25) is 11.8 Å². The second-order valence-electron chi connectivity index (χ2n) is 9.05. The number of ether oxygens (including phenoxy) is 3. The second-order valence-corrected chi connectivity index (χ2v) is 10.4. The Morgan fingerprint density at radius 1 is 1.07 bits per heavy atom. The number of hydrogen-bond donors (Lipinski definition) is 1. The fourth-order valence-electron chi connectivity index (χ4n) is 4.71. The summed E-state index contributed by atoms with van der Waals surface area (Å²) in [5, 5.41) is 2.50. The Hall–Kier alpha value is -4.62. The van der Waals surface area contributed by atoms with Gasteiger partial charge in [-0.2, -0.15) is 0 Å². The third kappa shape index (κ3) is 5.23. The van der Waals surface area contributed by atoms with E-state index in [4.69, 9.17) is 26.4 Å². The molecule has 3 heterocycles. The van der Waals surface area contributed by atoms with Crippen LogP contribution in [0.4, 0.5) is 5.69 Å². The van der Waals surface area contributed by atoms with Gasteiger partial charge in [0.25, 0.3) is 5.56 Å². The molecule has 11 nitrogen and oxygen atoms in total. The number of fused-ring (bicyclic) bond motifs is 1. The zero-order valence-corrected chi connectivity index (χ0v) is 24.5. The summed E-state index contributed by atoms with van der Waals surface area (Å²) in [6, 6.07) is 12.9. The number of thiocarbonyl (C=S) groups is 1. The predicted octanol–water partition coefficient (Wildman–Crippen LogP) is 1.83. The van der Waals surface area contributed by atoms with Crippen molar-refractivity contribution in [2.45, 2.75) is 19.9 Å². The molecule has 5 rings (SSSR count). The zero-order chi connectivity index (χ0) is 30.0. The molecule has 1 fully saturated rings. The van der Waals surface area contributed by atoms with E-state index in [0.717, 1.165) is 11.3 Å². The highest BCUT2D eigenvalue weighted by molar-refractivity contribution is 7.80. The normalized spacial score (nSPS) is 18.5. The first kappa shape index (κ1) is 28.9. The van der Waals surface area contributed by atoms with Crippen molar-refractivity contribution in [3.63, 3.8) is 0 Å². The summed E-state index contributed by atoms with van der Waals surface area (Å²) in [6.07, 6.45) is 2.66. The van der Waals surface area contributed by atoms with Crippen LogP contribution in [0.15, 0.2) is 70.1 Å². The number of anilines is 1. The lowest BCUT2D eigenvalue weighted by molar-refractivity contribution is -0.136. The standard InChI is InChI=1S/C29H26N4O7S2/c1-4-39-20-12-11-16(13-21(20)40-5-2)23-19(27(37)38-3)15-30-29-33(23)26(36)22(42-29)14-18-24(34)31-28(41)32(25(18)35)17-9-7-6-8-10-17/h6-15,18,23H,4-5H2,1-3H3,(H,31,34,41)/b22-14-/t18-,23-/m1/s1. The summed E-state index contributed by atoms with van der Waals surface area (Å²) >= 11 is 6.26. The van der Waals surface area contributed by atoms with E-state index in [9.17, 15) is 19.2 Å². The van der Waals surface area contributed by atoms with E-state index in [2.05, 4.69) is 10.3 Å². The van der Waals surface area contributed by atoms with Gasteiger partial charge in [-0.25, -0.2) is 9.79 Å². The minimum Gasteiger partial charge on any atom is -0.490 e. The Labute approximate surface area is 249 Å².